The number of rotatable bonds is 3. The molecule has 7 heteroatoms. The van der Waals surface area contributed by atoms with Crippen LogP contribution in [0.3, 0.4) is 0 Å². The van der Waals surface area contributed by atoms with Gasteiger partial charge in [-0.25, -0.2) is 10.8 Å². The van der Waals surface area contributed by atoms with Crippen molar-refractivity contribution in [1.29, 1.82) is 0 Å². The SMILES string of the molecule is NNc1cncc(C(=O)N2CCC(CO)C2)n1. The summed E-state index contributed by atoms with van der Waals surface area (Å²) in [4.78, 5) is 21.6. The first-order valence-corrected chi connectivity index (χ1v) is 5.43. The van der Waals surface area contributed by atoms with Crippen LogP contribution in [0.2, 0.25) is 0 Å². The maximum atomic E-state index is 12.0. The Labute approximate surface area is 98.6 Å². The zero-order valence-corrected chi connectivity index (χ0v) is 9.33. The maximum absolute atomic E-state index is 12.0. The molecule has 0 saturated carbocycles. The number of aromatic nitrogens is 2. The van der Waals surface area contributed by atoms with Gasteiger partial charge in [0.25, 0.3) is 5.91 Å². The molecule has 1 amide bonds. The quantitative estimate of drug-likeness (QED) is 0.470. The van der Waals surface area contributed by atoms with Crippen LogP contribution < -0.4 is 11.3 Å². The normalized spacial score (nSPS) is 19.4. The number of amides is 1. The number of hydrogen-bond donors (Lipinski definition) is 3. The molecular formula is C10H15N5O2. The van der Waals surface area contributed by atoms with Crippen molar-refractivity contribution in [1.82, 2.24) is 14.9 Å². The van der Waals surface area contributed by atoms with Crippen LogP contribution in [0.25, 0.3) is 0 Å². The summed E-state index contributed by atoms with van der Waals surface area (Å²) in [5.41, 5.74) is 2.61. The van der Waals surface area contributed by atoms with Crippen LogP contribution in [0.5, 0.6) is 0 Å². The van der Waals surface area contributed by atoms with Crippen molar-refractivity contribution in [3.8, 4) is 0 Å². The zero-order valence-electron chi connectivity index (χ0n) is 9.33. The van der Waals surface area contributed by atoms with Crippen LogP contribution >= 0.6 is 0 Å². The number of nitrogens with one attached hydrogen (secondary N) is 1. The number of aliphatic hydroxyl groups is 1. The number of nitrogens with two attached hydrogens (primary N) is 1. The highest BCUT2D eigenvalue weighted by atomic mass is 16.3. The minimum Gasteiger partial charge on any atom is -0.396 e. The molecule has 0 aliphatic carbocycles. The highest BCUT2D eigenvalue weighted by molar-refractivity contribution is 5.92. The highest BCUT2D eigenvalue weighted by Gasteiger charge is 2.27. The molecule has 0 radical (unpaired) electrons. The summed E-state index contributed by atoms with van der Waals surface area (Å²) in [7, 11) is 0. The number of nitrogen functional groups attached to an aromatic ring is 1. The Morgan fingerprint density at radius 3 is 3.12 bits per heavy atom. The Morgan fingerprint density at radius 2 is 2.47 bits per heavy atom. The lowest BCUT2D eigenvalue weighted by molar-refractivity contribution is 0.0775. The smallest absolute Gasteiger partial charge is 0.274 e. The average Bonchev–Trinajstić information content (AvgIpc) is 2.86. The number of carbonyl (C=O) groups excluding carboxylic acids is 1. The van der Waals surface area contributed by atoms with Crippen LogP contribution in [0.4, 0.5) is 5.82 Å². The molecule has 0 aromatic carbocycles. The van der Waals surface area contributed by atoms with Gasteiger partial charge in [0.15, 0.2) is 5.82 Å². The van der Waals surface area contributed by atoms with Crippen molar-refractivity contribution < 1.29 is 9.90 Å². The Kier molecular flexibility index (Phi) is 3.50. The van der Waals surface area contributed by atoms with Crippen molar-refractivity contribution in [2.24, 2.45) is 11.8 Å². The van der Waals surface area contributed by atoms with Gasteiger partial charge in [0.1, 0.15) is 5.69 Å². The van der Waals surface area contributed by atoms with Gasteiger partial charge >= 0.3 is 0 Å². The Balaban J connectivity index is 2.09. The summed E-state index contributed by atoms with van der Waals surface area (Å²) < 4.78 is 0. The fourth-order valence-electron chi connectivity index (χ4n) is 1.87. The van der Waals surface area contributed by atoms with Crippen molar-refractivity contribution in [2.45, 2.75) is 6.42 Å². The largest absolute Gasteiger partial charge is 0.396 e. The average molecular weight is 237 g/mol. The molecule has 0 spiro atoms. The lowest BCUT2D eigenvalue weighted by Gasteiger charge is -2.15. The molecule has 1 saturated heterocycles. The lowest BCUT2D eigenvalue weighted by Crippen LogP contribution is -2.30. The number of carbonyl (C=O) groups is 1. The molecule has 1 aliphatic heterocycles. The Morgan fingerprint density at radius 1 is 1.65 bits per heavy atom. The van der Waals surface area contributed by atoms with Crippen molar-refractivity contribution in [2.75, 3.05) is 25.1 Å². The summed E-state index contributed by atoms with van der Waals surface area (Å²) in [5.74, 6) is 5.55. The first-order chi connectivity index (χ1) is 8.24. The number of likely N-dealkylation sites (tertiary alicyclic amines) is 1. The molecule has 2 heterocycles. The first-order valence-electron chi connectivity index (χ1n) is 5.43. The number of aliphatic hydroxyl groups excluding tert-OH is 1. The van der Waals surface area contributed by atoms with Gasteiger partial charge in [-0.1, -0.05) is 0 Å². The van der Waals surface area contributed by atoms with Crippen molar-refractivity contribution >= 4 is 11.7 Å². The number of nitrogens with zero attached hydrogens (tertiary/aromatic N) is 3. The van der Waals surface area contributed by atoms with E-state index in [0.717, 1.165) is 6.42 Å². The van der Waals surface area contributed by atoms with E-state index in [1.807, 2.05) is 0 Å². The van der Waals surface area contributed by atoms with Gasteiger partial charge in [-0.2, -0.15) is 0 Å². The van der Waals surface area contributed by atoms with Gasteiger partial charge < -0.3 is 15.4 Å². The summed E-state index contributed by atoms with van der Waals surface area (Å²) in [6.07, 6.45) is 3.68. The molecule has 7 nitrogen and oxygen atoms in total. The van der Waals surface area contributed by atoms with Crippen LogP contribution in [-0.2, 0) is 0 Å². The summed E-state index contributed by atoms with van der Waals surface area (Å²) in [6.45, 7) is 1.32. The predicted molar refractivity (Wildman–Crippen MR) is 60.9 cm³/mol. The topological polar surface area (TPSA) is 104 Å². The minimum atomic E-state index is -0.175. The first kappa shape index (κ1) is 11.7. The second-order valence-corrected chi connectivity index (χ2v) is 4.02. The van der Waals surface area contributed by atoms with E-state index in [4.69, 9.17) is 10.9 Å². The fraction of sp³-hybridized carbons (Fsp3) is 0.500. The molecule has 4 N–H and O–H groups in total. The van der Waals surface area contributed by atoms with Gasteiger partial charge in [-0.3, -0.25) is 9.78 Å². The third kappa shape index (κ3) is 2.51. The van der Waals surface area contributed by atoms with Gasteiger partial charge in [-0.05, 0) is 6.42 Å². The van der Waals surface area contributed by atoms with Gasteiger partial charge in [0.2, 0.25) is 0 Å². The predicted octanol–water partition coefficient (Wildman–Crippen LogP) is -0.783. The molecular weight excluding hydrogens is 222 g/mol. The monoisotopic (exact) mass is 237 g/mol. The van der Waals surface area contributed by atoms with E-state index in [1.54, 1.807) is 4.90 Å². The third-order valence-corrected chi connectivity index (χ3v) is 2.83. The van der Waals surface area contributed by atoms with E-state index in [-0.39, 0.29) is 24.1 Å². The molecule has 1 aromatic heterocycles. The number of hydrogen-bond acceptors (Lipinski definition) is 6. The maximum Gasteiger partial charge on any atom is 0.274 e. The van der Waals surface area contributed by atoms with Crippen LogP contribution in [-0.4, -0.2) is 45.6 Å². The third-order valence-electron chi connectivity index (χ3n) is 2.83. The summed E-state index contributed by atoms with van der Waals surface area (Å²) in [5, 5.41) is 9.03. The fourth-order valence-corrected chi connectivity index (χ4v) is 1.87. The highest BCUT2D eigenvalue weighted by Crippen LogP contribution is 2.17. The molecule has 2 rings (SSSR count). The molecule has 17 heavy (non-hydrogen) atoms. The Hall–Kier alpha value is -1.73. The van der Waals surface area contributed by atoms with Crippen molar-refractivity contribution in [3.05, 3.63) is 18.1 Å². The second kappa shape index (κ2) is 5.07. The van der Waals surface area contributed by atoms with Gasteiger partial charge in [-0.15, -0.1) is 0 Å². The molecule has 1 fully saturated rings. The standard InChI is InChI=1S/C10H15N5O2/c11-14-9-4-12-3-8(13-9)10(17)15-2-1-7(5-15)6-16/h3-4,7,16H,1-2,5-6,11H2,(H,13,14). The second-order valence-electron chi connectivity index (χ2n) is 4.02. The molecule has 92 valence electrons. The van der Waals surface area contributed by atoms with E-state index in [1.165, 1.54) is 12.4 Å². The molecule has 1 aliphatic rings. The number of anilines is 1. The summed E-state index contributed by atoms with van der Waals surface area (Å²) in [6, 6.07) is 0. The molecule has 0 bridgehead atoms. The van der Waals surface area contributed by atoms with Gasteiger partial charge in [0.05, 0.1) is 12.4 Å². The molecule has 1 aromatic rings. The van der Waals surface area contributed by atoms with E-state index >= 15 is 0 Å². The molecule has 1 atom stereocenters. The summed E-state index contributed by atoms with van der Waals surface area (Å²) >= 11 is 0. The zero-order chi connectivity index (χ0) is 12.3. The van der Waals surface area contributed by atoms with Crippen LogP contribution in [0.1, 0.15) is 16.9 Å². The molecule has 1 unspecified atom stereocenters. The lowest BCUT2D eigenvalue weighted by atomic mass is 10.1. The van der Waals surface area contributed by atoms with E-state index < -0.39 is 0 Å². The Bertz CT molecular complexity index is 411. The van der Waals surface area contributed by atoms with Crippen LogP contribution in [0.15, 0.2) is 12.4 Å². The van der Waals surface area contributed by atoms with E-state index in [9.17, 15) is 4.79 Å². The van der Waals surface area contributed by atoms with E-state index in [2.05, 4.69) is 15.4 Å². The van der Waals surface area contributed by atoms with Gasteiger partial charge in [0, 0.05) is 25.6 Å². The number of hydrazine groups is 1. The van der Waals surface area contributed by atoms with Crippen LogP contribution in [0, 0.1) is 5.92 Å². The van der Waals surface area contributed by atoms with Crippen molar-refractivity contribution in [3.63, 3.8) is 0 Å². The van der Waals surface area contributed by atoms with E-state index in [0.29, 0.717) is 18.9 Å². The minimum absolute atomic E-state index is 0.111.